The van der Waals surface area contributed by atoms with Gasteiger partial charge in [0, 0.05) is 19.9 Å². The Morgan fingerprint density at radius 3 is 2.96 bits per heavy atom. The van der Waals surface area contributed by atoms with Gasteiger partial charge in [-0.2, -0.15) is 0 Å². The molecule has 1 aromatic heterocycles. The number of amides is 2. The zero-order valence-electron chi connectivity index (χ0n) is 13.1. The monoisotopic (exact) mass is 333 g/mol. The van der Waals surface area contributed by atoms with E-state index in [0.717, 1.165) is 29.9 Å². The van der Waals surface area contributed by atoms with Crippen LogP contribution in [0.1, 0.15) is 23.9 Å². The third-order valence-corrected chi connectivity index (χ3v) is 5.35. The van der Waals surface area contributed by atoms with Crippen LogP contribution in [0.2, 0.25) is 0 Å². The van der Waals surface area contributed by atoms with Gasteiger partial charge in [-0.25, -0.2) is 4.98 Å². The Hall–Kier alpha value is -1.99. The third-order valence-electron chi connectivity index (χ3n) is 4.20. The molecule has 0 radical (unpaired) electrons. The lowest BCUT2D eigenvalue weighted by Gasteiger charge is -2.19. The number of aromatic nitrogens is 1. The van der Waals surface area contributed by atoms with Crippen LogP contribution in [0, 0.1) is 0 Å². The second-order valence-corrected chi connectivity index (χ2v) is 6.81. The Morgan fingerprint density at radius 1 is 1.35 bits per heavy atom. The molecule has 1 saturated heterocycles. The molecular weight excluding hydrogens is 312 g/mol. The van der Waals surface area contributed by atoms with E-state index in [2.05, 4.69) is 16.7 Å². The van der Waals surface area contributed by atoms with E-state index in [1.54, 1.807) is 18.4 Å². The molecule has 2 atom stereocenters. The van der Waals surface area contributed by atoms with Crippen molar-refractivity contribution in [2.75, 3.05) is 26.7 Å². The first-order chi connectivity index (χ1) is 11.2. The minimum absolute atomic E-state index is 0.0361. The second-order valence-electron chi connectivity index (χ2n) is 5.75. The largest absolute Gasteiger partial charge is 0.358 e. The van der Waals surface area contributed by atoms with Crippen molar-refractivity contribution in [1.29, 1.82) is 0 Å². The molecule has 1 unspecified atom stereocenters. The summed E-state index contributed by atoms with van der Waals surface area (Å²) < 4.78 is 1.19. The number of hydrogen-bond acceptors (Lipinski definition) is 4. The van der Waals surface area contributed by atoms with Crippen molar-refractivity contribution < 1.29 is 14.5 Å². The molecule has 2 heterocycles. The second kappa shape index (κ2) is 7.06. The fourth-order valence-electron chi connectivity index (χ4n) is 3.00. The van der Waals surface area contributed by atoms with E-state index in [9.17, 15) is 9.59 Å². The fourth-order valence-corrected chi connectivity index (χ4v) is 4.16. The molecule has 6 nitrogen and oxygen atoms in total. The fraction of sp³-hybridized carbons (Fsp3) is 0.438. The highest BCUT2D eigenvalue weighted by molar-refractivity contribution is 7.18. The van der Waals surface area contributed by atoms with Crippen molar-refractivity contribution in [3.63, 3.8) is 0 Å². The average Bonchev–Trinajstić information content (AvgIpc) is 3.18. The SMILES string of the molecule is CNC(=O)CNC(=O)C[NH+]1CCC[C@H]1c1nc2ccccc2s1. The molecular formula is C16H21N4O2S+. The predicted molar refractivity (Wildman–Crippen MR) is 89.4 cm³/mol. The molecule has 2 aromatic rings. The minimum Gasteiger partial charge on any atom is -0.358 e. The summed E-state index contributed by atoms with van der Waals surface area (Å²) >= 11 is 1.72. The molecule has 7 heteroatoms. The van der Waals surface area contributed by atoms with Crippen LogP contribution < -0.4 is 15.5 Å². The van der Waals surface area contributed by atoms with Gasteiger partial charge in [-0.15, -0.1) is 11.3 Å². The first-order valence-electron chi connectivity index (χ1n) is 7.84. The molecule has 1 aliphatic heterocycles. The van der Waals surface area contributed by atoms with E-state index in [0.29, 0.717) is 6.54 Å². The Morgan fingerprint density at radius 2 is 2.17 bits per heavy atom. The number of nitrogens with zero attached hydrogens (tertiary/aromatic N) is 1. The van der Waals surface area contributed by atoms with E-state index in [-0.39, 0.29) is 24.4 Å². The summed E-state index contributed by atoms with van der Waals surface area (Å²) in [5.74, 6) is -0.269. The van der Waals surface area contributed by atoms with Gasteiger partial charge in [0.25, 0.3) is 5.91 Å². The molecule has 1 fully saturated rings. The Kier molecular flexibility index (Phi) is 4.88. The number of rotatable bonds is 5. The number of para-hydroxylation sites is 1. The molecule has 23 heavy (non-hydrogen) atoms. The maximum atomic E-state index is 12.0. The number of nitrogens with one attached hydrogen (secondary N) is 3. The van der Waals surface area contributed by atoms with Crippen molar-refractivity contribution in [3.05, 3.63) is 29.3 Å². The third kappa shape index (κ3) is 3.68. The molecule has 0 bridgehead atoms. The van der Waals surface area contributed by atoms with Gasteiger partial charge < -0.3 is 15.5 Å². The van der Waals surface area contributed by atoms with Gasteiger partial charge in [0.05, 0.1) is 23.3 Å². The lowest BCUT2D eigenvalue weighted by atomic mass is 10.2. The highest BCUT2D eigenvalue weighted by Crippen LogP contribution is 2.28. The predicted octanol–water partition coefficient (Wildman–Crippen LogP) is -0.122. The Labute approximate surface area is 138 Å². The number of likely N-dealkylation sites (tertiary alicyclic amines) is 1. The molecule has 0 saturated carbocycles. The van der Waals surface area contributed by atoms with Gasteiger partial charge in [0.2, 0.25) is 5.91 Å². The van der Waals surface area contributed by atoms with Gasteiger partial charge >= 0.3 is 0 Å². The number of benzene rings is 1. The summed E-state index contributed by atoms with van der Waals surface area (Å²) in [4.78, 5) is 29.2. The summed E-state index contributed by atoms with van der Waals surface area (Å²) in [6.45, 7) is 1.39. The Bertz CT molecular complexity index is 682. The van der Waals surface area contributed by atoms with E-state index in [1.165, 1.54) is 9.60 Å². The van der Waals surface area contributed by atoms with Gasteiger partial charge in [0.1, 0.15) is 6.04 Å². The standard InChI is InChI=1S/C16H20N4O2S/c1-17-14(21)9-18-15(22)10-20-8-4-6-12(20)16-19-11-5-2-3-7-13(11)23-16/h2-3,5,7,12H,4,6,8-10H2,1H3,(H,17,21)(H,18,22)/p+1/t12-/m0/s1. The van der Waals surface area contributed by atoms with Crippen LogP contribution in [0.5, 0.6) is 0 Å². The van der Waals surface area contributed by atoms with Gasteiger partial charge in [0.15, 0.2) is 11.6 Å². The van der Waals surface area contributed by atoms with Crippen molar-refractivity contribution >= 4 is 33.4 Å². The lowest BCUT2D eigenvalue weighted by Crippen LogP contribution is -3.11. The smallest absolute Gasteiger partial charge is 0.275 e. The van der Waals surface area contributed by atoms with Crippen LogP contribution in [0.25, 0.3) is 10.2 Å². The lowest BCUT2D eigenvalue weighted by molar-refractivity contribution is -0.910. The number of hydrogen-bond donors (Lipinski definition) is 3. The number of carbonyl (C=O) groups excluding carboxylic acids is 2. The maximum Gasteiger partial charge on any atom is 0.275 e. The first-order valence-corrected chi connectivity index (χ1v) is 8.66. The molecule has 0 spiro atoms. The van der Waals surface area contributed by atoms with Crippen LogP contribution in [-0.4, -0.2) is 43.5 Å². The molecule has 2 amide bonds. The number of likely N-dealkylation sites (N-methyl/N-ethyl adjacent to an activating group) is 1. The average molecular weight is 333 g/mol. The van der Waals surface area contributed by atoms with Crippen LogP contribution in [-0.2, 0) is 9.59 Å². The zero-order chi connectivity index (χ0) is 16.2. The number of carbonyl (C=O) groups is 2. The minimum atomic E-state index is -0.183. The summed E-state index contributed by atoms with van der Waals surface area (Å²) in [5, 5.41) is 6.27. The summed E-state index contributed by atoms with van der Waals surface area (Å²) in [6, 6.07) is 8.41. The van der Waals surface area contributed by atoms with Crippen molar-refractivity contribution in [3.8, 4) is 0 Å². The summed E-state index contributed by atoms with van der Waals surface area (Å²) in [6.07, 6.45) is 2.15. The van der Waals surface area contributed by atoms with Gasteiger partial charge in [-0.1, -0.05) is 12.1 Å². The summed E-state index contributed by atoms with van der Waals surface area (Å²) in [5.41, 5.74) is 1.03. The van der Waals surface area contributed by atoms with Crippen LogP contribution in [0.3, 0.4) is 0 Å². The normalized spacial score (nSPS) is 20.6. The van der Waals surface area contributed by atoms with Gasteiger partial charge in [-0.05, 0) is 12.1 Å². The zero-order valence-corrected chi connectivity index (χ0v) is 13.9. The highest BCUT2D eigenvalue weighted by Gasteiger charge is 2.33. The quantitative estimate of drug-likeness (QED) is 0.714. The van der Waals surface area contributed by atoms with Crippen LogP contribution in [0.4, 0.5) is 0 Å². The first kappa shape index (κ1) is 15.9. The topological polar surface area (TPSA) is 75.5 Å². The van der Waals surface area contributed by atoms with Crippen molar-refractivity contribution in [1.82, 2.24) is 15.6 Å². The number of thiazole rings is 1. The van der Waals surface area contributed by atoms with Crippen LogP contribution in [0.15, 0.2) is 24.3 Å². The van der Waals surface area contributed by atoms with Crippen molar-refractivity contribution in [2.45, 2.75) is 18.9 Å². The number of quaternary nitrogens is 1. The Balaban J connectivity index is 1.65. The molecule has 0 aliphatic carbocycles. The maximum absolute atomic E-state index is 12.0. The number of fused-ring (bicyclic) bond motifs is 1. The molecule has 3 N–H and O–H groups in total. The van der Waals surface area contributed by atoms with E-state index < -0.39 is 0 Å². The molecule has 1 aromatic carbocycles. The summed E-state index contributed by atoms with van der Waals surface area (Å²) in [7, 11) is 1.56. The van der Waals surface area contributed by atoms with Crippen LogP contribution >= 0.6 is 11.3 Å². The van der Waals surface area contributed by atoms with E-state index in [1.807, 2.05) is 18.2 Å². The van der Waals surface area contributed by atoms with Gasteiger partial charge in [-0.3, -0.25) is 9.59 Å². The van der Waals surface area contributed by atoms with E-state index in [4.69, 9.17) is 4.98 Å². The van der Waals surface area contributed by atoms with Crippen molar-refractivity contribution in [2.24, 2.45) is 0 Å². The molecule has 3 rings (SSSR count). The molecule has 1 aliphatic rings. The highest BCUT2D eigenvalue weighted by atomic mass is 32.1. The molecule has 122 valence electrons. The van der Waals surface area contributed by atoms with E-state index >= 15 is 0 Å².